The molecule has 4 rings (SSSR count). The lowest BCUT2D eigenvalue weighted by atomic mass is 10.1. The molecule has 4 aromatic rings. The summed E-state index contributed by atoms with van der Waals surface area (Å²) >= 11 is 6.02. The zero-order valence-corrected chi connectivity index (χ0v) is 14.2. The average molecular weight is 362 g/mol. The molecule has 0 radical (unpaired) electrons. The SMILES string of the molecule is N#Cc1nc2ccccc2nc1NCc1cc2cc(Cl)ccc2[nH]c1=O. The second-order valence-corrected chi connectivity index (χ2v) is 6.17. The molecule has 0 atom stereocenters. The van der Waals surface area contributed by atoms with Gasteiger partial charge < -0.3 is 10.3 Å². The maximum atomic E-state index is 12.3. The van der Waals surface area contributed by atoms with Crippen LogP contribution in [0.4, 0.5) is 5.82 Å². The highest BCUT2D eigenvalue weighted by molar-refractivity contribution is 6.31. The fourth-order valence-electron chi connectivity index (χ4n) is 2.73. The highest BCUT2D eigenvalue weighted by Crippen LogP contribution is 2.19. The molecule has 0 saturated heterocycles. The molecule has 2 N–H and O–H groups in total. The van der Waals surface area contributed by atoms with Crippen LogP contribution in [0.5, 0.6) is 0 Å². The van der Waals surface area contributed by atoms with Crippen LogP contribution in [0.15, 0.2) is 53.3 Å². The number of nitriles is 1. The van der Waals surface area contributed by atoms with Crippen LogP contribution in [0, 0.1) is 11.3 Å². The summed E-state index contributed by atoms with van der Waals surface area (Å²) in [7, 11) is 0. The van der Waals surface area contributed by atoms with E-state index in [0.717, 1.165) is 5.39 Å². The number of aromatic amines is 1. The van der Waals surface area contributed by atoms with Crippen LogP contribution in [0.2, 0.25) is 5.02 Å². The molecule has 6 nitrogen and oxygen atoms in total. The van der Waals surface area contributed by atoms with Crippen LogP contribution in [0.1, 0.15) is 11.3 Å². The molecule has 0 fully saturated rings. The van der Waals surface area contributed by atoms with Gasteiger partial charge in [-0.1, -0.05) is 23.7 Å². The van der Waals surface area contributed by atoms with E-state index in [0.29, 0.717) is 33.0 Å². The average Bonchev–Trinajstić information content (AvgIpc) is 2.65. The number of hydrogen-bond donors (Lipinski definition) is 2. The largest absolute Gasteiger partial charge is 0.363 e. The molecule has 126 valence electrons. The van der Waals surface area contributed by atoms with Crippen molar-refractivity contribution in [3.8, 4) is 6.07 Å². The Balaban J connectivity index is 1.70. The minimum Gasteiger partial charge on any atom is -0.363 e. The van der Waals surface area contributed by atoms with Gasteiger partial charge in [-0.25, -0.2) is 9.97 Å². The molecule has 0 aliphatic carbocycles. The number of fused-ring (bicyclic) bond motifs is 2. The molecule has 2 aromatic carbocycles. The smallest absolute Gasteiger partial charge is 0.253 e. The molecule has 0 aliphatic rings. The number of nitrogens with one attached hydrogen (secondary N) is 2. The summed E-state index contributed by atoms with van der Waals surface area (Å²) in [5.41, 5.74) is 2.52. The van der Waals surface area contributed by atoms with Gasteiger partial charge >= 0.3 is 0 Å². The third kappa shape index (κ3) is 2.96. The Bertz CT molecular complexity index is 1240. The number of rotatable bonds is 3. The summed E-state index contributed by atoms with van der Waals surface area (Å²) in [4.78, 5) is 23.8. The van der Waals surface area contributed by atoms with Crippen LogP contribution in [-0.4, -0.2) is 15.0 Å². The predicted octanol–water partition coefficient (Wildman–Crippen LogP) is 3.61. The standard InChI is InChI=1S/C19H12ClN5O/c20-13-5-6-14-11(8-13)7-12(19(26)25-14)10-22-18-17(9-21)23-15-3-1-2-4-16(15)24-18/h1-8H,10H2,(H,22,24)(H,25,26). The van der Waals surface area contributed by atoms with Gasteiger partial charge in [0.25, 0.3) is 5.56 Å². The lowest BCUT2D eigenvalue weighted by Gasteiger charge is -2.09. The fourth-order valence-corrected chi connectivity index (χ4v) is 2.91. The molecular formula is C19H12ClN5O. The van der Waals surface area contributed by atoms with Crippen LogP contribution in [0.3, 0.4) is 0 Å². The topological polar surface area (TPSA) is 94.5 Å². The molecular weight excluding hydrogens is 350 g/mol. The van der Waals surface area contributed by atoms with Gasteiger partial charge in [0, 0.05) is 28.0 Å². The Morgan fingerprint density at radius 1 is 1.12 bits per heavy atom. The number of H-pyrrole nitrogens is 1. The summed E-state index contributed by atoms with van der Waals surface area (Å²) in [5, 5.41) is 13.8. The van der Waals surface area contributed by atoms with Gasteiger partial charge in [-0.2, -0.15) is 5.26 Å². The maximum Gasteiger partial charge on any atom is 0.253 e. The highest BCUT2D eigenvalue weighted by Gasteiger charge is 2.10. The molecule has 0 unspecified atom stereocenters. The molecule has 0 aliphatic heterocycles. The molecule has 26 heavy (non-hydrogen) atoms. The number of para-hydroxylation sites is 2. The lowest BCUT2D eigenvalue weighted by Crippen LogP contribution is -2.16. The molecule has 2 heterocycles. The van der Waals surface area contributed by atoms with Crippen molar-refractivity contribution in [2.24, 2.45) is 0 Å². The fraction of sp³-hybridized carbons (Fsp3) is 0.0526. The second-order valence-electron chi connectivity index (χ2n) is 5.73. The van der Waals surface area contributed by atoms with E-state index in [2.05, 4.69) is 20.3 Å². The molecule has 0 amide bonds. The van der Waals surface area contributed by atoms with Crippen molar-refractivity contribution in [3.63, 3.8) is 0 Å². The van der Waals surface area contributed by atoms with E-state index in [-0.39, 0.29) is 17.8 Å². The van der Waals surface area contributed by atoms with Crippen molar-refractivity contribution >= 4 is 39.4 Å². The number of anilines is 1. The van der Waals surface area contributed by atoms with Crippen molar-refractivity contribution < 1.29 is 0 Å². The summed E-state index contributed by atoms with van der Waals surface area (Å²) < 4.78 is 0. The summed E-state index contributed by atoms with van der Waals surface area (Å²) in [5.74, 6) is 0.344. The second kappa shape index (κ2) is 6.47. The summed E-state index contributed by atoms with van der Waals surface area (Å²) in [6.45, 7) is 0.208. The van der Waals surface area contributed by atoms with Crippen LogP contribution < -0.4 is 10.9 Å². The van der Waals surface area contributed by atoms with Gasteiger partial charge in [0.2, 0.25) is 0 Å². The van der Waals surface area contributed by atoms with Gasteiger partial charge in [0.05, 0.1) is 11.0 Å². The number of nitrogens with zero attached hydrogens (tertiary/aromatic N) is 3. The molecule has 0 saturated carbocycles. The van der Waals surface area contributed by atoms with Gasteiger partial charge in [-0.15, -0.1) is 0 Å². The van der Waals surface area contributed by atoms with Crippen LogP contribution >= 0.6 is 11.6 Å². The van der Waals surface area contributed by atoms with Gasteiger partial charge in [0.1, 0.15) is 6.07 Å². The number of hydrogen-bond acceptors (Lipinski definition) is 5. The van der Waals surface area contributed by atoms with E-state index in [4.69, 9.17) is 11.6 Å². The quantitative estimate of drug-likeness (QED) is 0.581. The third-order valence-electron chi connectivity index (χ3n) is 4.01. The zero-order valence-electron chi connectivity index (χ0n) is 13.5. The van der Waals surface area contributed by atoms with E-state index in [1.165, 1.54) is 0 Å². The Labute approximate surface area is 153 Å². The van der Waals surface area contributed by atoms with Crippen molar-refractivity contribution in [1.29, 1.82) is 5.26 Å². The predicted molar refractivity (Wildman–Crippen MR) is 101 cm³/mol. The molecule has 0 bridgehead atoms. The van der Waals surface area contributed by atoms with E-state index < -0.39 is 0 Å². The Morgan fingerprint density at radius 2 is 1.88 bits per heavy atom. The van der Waals surface area contributed by atoms with Crippen molar-refractivity contribution in [2.75, 3.05) is 5.32 Å². The first kappa shape index (κ1) is 16.1. The first-order valence-corrected chi connectivity index (χ1v) is 8.24. The number of aromatic nitrogens is 3. The minimum atomic E-state index is -0.209. The number of benzene rings is 2. The molecule has 2 aromatic heterocycles. The van der Waals surface area contributed by atoms with Crippen LogP contribution in [-0.2, 0) is 6.54 Å². The lowest BCUT2D eigenvalue weighted by molar-refractivity contribution is 1.06. The first-order valence-electron chi connectivity index (χ1n) is 7.86. The van der Waals surface area contributed by atoms with Gasteiger partial charge in [-0.05, 0) is 36.4 Å². The Morgan fingerprint density at radius 3 is 2.65 bits per heavy atom. The minimum absolute atomic E-state index is 0.184. The van der Waals surface area contributed by atoms with Crippen molar-refractivity contribution in [1.82, 2.24) is 15.0 Å². The third-order valence-corrected chi connectivity index (χ3v) is 4.24. The number of pyridine rings is 1. The van der Waals surface area contributed by atoms with Crippen LogP contribution in [0.25, 0.3) is 21.9 Å². The first-order chi connectivity index (χ1) is 12.6. The Hall–Kier alpha value is -3.43. The maximum absolute atomic E-state index is 12.3. The van der Waals surface area contributed by atoms with E-state index in [9.17, 15) is 10.1 Å². The van der Waals surface area contributed by atoms with E-state index >= 15 is 0 Å². The van der Waals surface area contributed by atoms with E-state index in [1.807, 2.05) is 24.3 Å². The van der Waals surface area contributed by atoms with Gasteiger partial charge in [-0.3, -0.25) is 4.79 Å². The Kier molecular flexibility index (Phi) is 3.99. The van der Waals surface area contributed by atoms with Crippen molar-refractivity contribution in [3.05, 3.63) is 75.2 Å². The summed E-state index contributed by atoms with van der Waals surface area (Å²) in [6.07, 6.45) is 0. The normalized spacial score (nSPS) is 10.8. The van der Waals surface area contributed by atoms with E-state index in [1.54, 1.807) is 30.3 Å². The monoisotopic (exact) mass is 361 g/mol. The molecule has 0 spiro atoms. The molecule has 7 heteroatoms. The number of halogens is 1. The van der Waals surface area contributed by atoms with Gasteiger partial charge in [0.15, 0.2) is 11.5 Å². The summed E-state index contributed by atoms with van der Waals surface area (Å²) in [6, 6.07) is 16.4. The zero-order chi connectivity index (χ0) is 18.1. The highest BCUT2D eigenvalue weighted by atomic mass is 35.5. The van der Waals surface area contributed by atoms with Crippen molar-refractivity contribution in [2.45, 2.75) is 6.54 Å².